The van der Waals surface area contributed by atoms with E-state index in [2.05, 4.69) is 15.5 Å². The Kier molecular flexibility index (Phi) is 5.36. The van der Waals surface area contributed by atoms with E-state index in [-0.39, 0.29) is 42.2 Å². The fourth-order valence-electron chi connectivity index (χ4n) is 2.47. The van der Waals surface area contributed by atoms with Crippen molar-refractivity contribution >= 4 is 5.91 Å². The van der Waals surface area contributed by atoms with Crippen molar-refractivity contribution in [1.82, 2.24) is 15.5 Å². The average molecular weight is 357 g/mol. The third kappa shape index (κ3) is 4.50. The Balaban J connectivity index is 1.54. The van der Waals surface area contributed by atoms with E-state index in [1.54, 1.807) is 24.3 Å². The second kappa shape index (κ2) is 7.86. The van der Waals surface area contributed by atoms with Crippen LogP contribution in [0, 0.1) is 11.6 Å². The molecule has 2 aromatic carbocycles. The van der Waals surface area contributed by atoms with E-state index < -0.39 is 0 Å². The number of hydrogen-bond acceptors (Lipinski definition) is 4. The molecular formula is C19H17F2N3O2. The van der Waals surface area contributed by atoms with Gasteiger partial charge in [-0.3, -0.25) is 4.79 Å². The maximum Gasteiger partial charge on any atom is 0.227 e. The van der Waals surface area contributed by atoms with Crippen molar-refractivity contribution < 1.29 is 18.1 Å². The zero-order valence-electron chi connectivity index (χ0n) is 14.1. The Morgan fingerprint density at radius 3 is 2.65 bits per heavy atom. The third-order valence-electron chi connectivity index (χ3n) is 3.86. The smallest absolute Gasteiger partial charge is 0.227 e. The predicted octanol–water partition coefficient (Wildman–Crippen LogP) is 3.82. The number of benzene rings is 2. The quantitative estimate of drug-likeness (QED) is 0.728. The second-order valence-corrected chi connectivity index (χ2v) is 5.86. The number of halogens is 2. The first-order valence-electron chi connectivity index (χ1n) is 8.14. The molecule has 0 aliphatic heterocycles. The molecule has 1 atom stereocenters. The van der Waals surface area contributed by atoms with Gasteiger partial charge in [0.05, 0.1) is 6.04 Å². The normalized spacial score (nSPS) is 12.0. The van der Waals surface area contributed by atoms with Crippen LogP contribution in [0.15, 0.2) is 53.1 Å². The SMILES string of the molecule is C[C@@H](NC(=O)CCc1nc(-c2cccc(F)c2)no1)c1ccc(F)cc1. The zero-order chi connectivity index (χ0) is 18.5. The number of amides is 1. The Morgan fingerprint density at radius 2 is 1.92 bits per heavy atom. The van der Waals surface area contributed by atoms with Gasteiger partial charge in [0, 0.05) is 18.4 Å². The molecule has 0 radical (unpaired) electrons. The Labute approximate surface area is 149 Å². The lowest BCUT2D eigenvalue weighted by molar-refractivity contribution is -0.121. The highest BCUT2D eigenvalue weighted by Gasteiger charge is 2.13. The van der Waals surface area contributed by atoms with Crippen molar-refractivity contribution in [3.63, 3.8) is 0 Å². The fraction of sp³-hybridized carbons (Fsp3) is 0.211. The van der Waals surface area contributed by atoms with E-state index in [1.165, 1.54) is 24.3 Å². The summed E-state index contributed by atoms with van der Waals surface area (Å²) in [4.78, 5) is 16.2. The maximum absolute atomic E-state index is 13.2. The highest BCUT2D eigenvalue weighted by molar-refractivity contribution is 5.76. The highest BCUT2D eigenvalue weighted by atomic mass is 19.1. The summed E-state index contributed by atoms with van der Waals surface area (Å²) in [5, 5.41) is 6.63. The minimum atomic E-state index is -0.386. The van der Waals surface area contributed by atoms with Gasteiger partial charge in [-0.15, -0.1) is 0 Å². The lowest BCUT2D eigenvalue weighted by Gasteiger charge is -2.13. The summed E-state index contributed by atoms with van der Waals surface area (Å²) in [6, 6.07) is 11.6. The molecule has 0 aliphatic rings. The van der Waals surface area contributed by atoms with Crippen LogP contribution < -0.4 is 5.32 Å². The van der Waals surface area contributed by atoms with Gasteiger partial charge in [0.25, 0.3) is 0 Å². The van der Waals surface area contributed by atoms with Crippen LogP contribution >= 0.6 is 0 Å². The largest absolute Gasteiger partial charge is 0.350 e. The molecule has 1 N–H and O–H groups in total. The van der Waals surface area contributed by atoms with Crippen LogP contribution in [0.1, 0.15) is 30.8 Å². The average Bonchev–Trinajstić information content (AvgIpc) is 3.09. The third-order valence-corrected chi connectivity index (χ3v) is 3.86. The summed E-state index contributed by atoms with van der Waals surface area (Å²) in [7, 11) is 0. The first kappa shape index (κ1) is 17.7. The number of rotatable bonds is 6. The second-order valence-electron chi connectivity index (χ2n) is 5.86. The van der Waals surface area contributed by atoms with Gasteiger partial charge < -0.3 is 9.84 Å². The molecule has 0 spiro atoms. The molecule has 3 aromatic rings. The summed E-state index contributed by atoms with van der Waals surface area (Å²) in [6.07, 6.45) is 0.431. The van der Waals surface area contributed by atoms with Gasteiger partial charge in [-0.25, -0.2) is 8.78 Å². The van der Waals surface area contributed by atoms with Crippen molar-refractivity contribution in [2.75, 3.05) is 0 Å². The van der Waals surface area contributed by atoms with Crippen LogP contribution in [0.2, 0.25) is 0 Å². The molecular weight excluding hydrogens is 340 g/mol. The Hall–Kier alpha value is -3.09. The minimum Gasteiger partial charge on any atom is -0.350 e. The standard InChI is InChI=1S/C19H17F2N3O2/c1-12(13-5-7-15(20)8-6-13)22-17(25)9-10-18-23-19(24-26-18)14-3-2-4-16(21)11-14/h2-8,11-12H,9-10H2,1H3,(H,22,25)/t12-/m1/s1. The highest BCUT2D eigenvalue weighted by Crippen LogP contribution is 2.17. The molecule has 0 unspecified atom stereocenters. The summed E-state index contributed by atoms with van der Waals surface area (Å²) in [5.41, 5.74) is 1.32. The maximum atomic E-state index is 13.2. The molecule has 1 aromatic heterocycles. The van der Waals surface area contributed by atoms with Crippen molar-refractivity contribution in [3.05, 3.63) is 71.6 Å². The van der Waals surface area contributed by atoms with Gasteiger partial charge in [-0.1, -0.05) is 29.4 Å². The van der Waals surface area contributed by atoms with Crippen molar-refractivity contribution in [3.8, 4) is 11.4 Å². The molecule has 0 aliphatic carbocycles. The van der Waals surface area contributed by atoms with E-state index in [1.807, 2.05) is 6.92 Å². The lowest BCUT2D eigenvalue weighted by Crippen LogP contribution is -2.26. The van der Waals surface area contributed by atoms with Crippen LogP contribution in [0.4, 0.5) is 8.78 Å². The van der Waals surface area contributed by atoms with Gasteiger partial charge in [0.1, 0.15) is 11.6 Å². The number of hydrogen-bond donors (Lipinski definition) is 1. The summed E-state index contributed by atoms with van der Waals surface area (Å²) < 4.78 is 31.3. The van der Waals surface area contributed by atoms with Gasteiger partial charge in [0.15, 0.2) is 0 Å². The van der Waals surface area contributed by atoms with Crippen molar-refractivity contribution in [2.45, 2.75) is 25.8 Å². The molecule has 134 valence electrons. The fourth-order valence-corrected chi connectivity index (χ4v) is 2.47. The number of aromatic nitrogens is 2. The number of aryl methyl sites for hydroxylation is 1. The van der Waals surface area contributed by atoms with Gasteiger partial charge in [-0.05, 0) is 36.8 Å². The van der Waals surface area contributed by atoms with E-state index in [9.17, 15) is 13.6 Å². The molecule has 0 fully saturated rings. The summed E-state index contributed by atoms with van der Waals surface area (Å²) in [5.74, 6) is -0.318. The molecule has 1 heterocycles. The number of nitrogens with zero attached hydrogens (tertiary/aromatic N) is 2. The zero-order valence-corrected chi connectivity index (χ0v) is 14.1. The van der Waals surface area contributed by atoms with Crippen molar-refractivity contribution in [1.29, 1.82) is 0 Å². The first-order valence-corrected chi connectivity index (χ1v) is 8.14. The first-order chi connectivity index (χ1) is 12.5. The molecule has 3 rings (SSSR count). The van der Waals surface area contributed by atoms with E-state index in [0.717, 1.165) is 5.56 Å². The number of nitrogens with one attached hydrogen (secondary N) is 1. The topological polar surface area (TPSA) is 68.0 Å². The van der Waals surface area contributed by atoms with Gasteiger partial charge >= 0.3 is 0 Å². The summed E-state index contributed by atoms with van der Waals surface area (Å²) in [6.45, 7) is 1.82. The van der Waals surface area contributed by atoms with Crippen LogP contribution in [0.3, 0.4) is 0 Å². The molecule has 0 saturated carbocycles. The van der Waals surface area contributed by atoms with Crippen LogP contribution in [0.25, 0.3) is 11.4 Å². The van der Waals surface area contributed by atoms with Crippen LogP contribution in [-0.2, 0) is 11.2 Å². The number of carbonyl (C=O) groups excluding carboxylic acids is 1. The van der Waals surface area contributed by atoms with Gasteiger partial charge in [0.2, 0.25) is 17.6 Å². The predicted molar refractivity (Wildman–Crippen MR) is 91.0 cm³/mol. The van der Waals surface area contributed by atoms with Crippen LogP contribution in [0.5, 0.6) is 0 Å². The molecule has 5 nitrogen and oxygen atoms in total. The molecule has 0 saturated heterocycles. The van der Waals surface area contributed by atoms with E-state index in [4.69, 9.17) is 4.52 Å². The molecule has 1 amide bonds. The summed E-state index contributed by atoms with van der Waals surface area (Å²) >= 11 is 0. The Morgan fingerprint density at radius 1 is 1.15 bits per heavy atom. The molecule has 7 heteroatoms. The van der Waals surface area contributed by atoms with E-state index >= 15 is 0 Å². The minimum absolute atomic E-state index is 0.163. The van der Waals surface area contributed by atoms with Crippen LogP contribution in [-0.4, -0.2) is 16.0 Å². The molecule has 26 heavy (non-hydrogen) atoms. The van der Waals surface area contributed by atoms with Crippen molar-refractivity contribution in [2.24, 2.45) is 0 Å². The number of carbonyl (C=O) groups is 1. The van der Waals surface area contributed by atoms with Gasteiger partial charge in [-0.2, -0.15) is 4.98 Å². The Bertz CT molecular complexity index is 894. The molecule has 0 bridgehead atoms. The monoisotopic (exact) mass is 357 g/mol. The van der Waals surface area contributed by atoms with E-state index in [0.29, 0.717) is 11.5 Å². The lowest BCUT2D eigenvalue weighted by atomic mass is 10.1.